The van der Waals surface area contributed by atoms with E-state index in [1.165, 1.54) is 17.0 Å². The van der Waals surface area contributed by atoms with E-state index in [1.54, 1.807) is 26.0 Å². The Hall–Kier alpha value is -1.93. The maximum absolute atomic E-state index is 12.7. The summed E-state index contributed by atoms with van der Waals surface area (Å²) >= 11 is 0. The number of carboxylic acids is 1. The van der Waals surface area contributed by atoms with Gasteiger partial charge in [-0.2, -0.15) is 0 Å². The Morgan fingerprint density at radius 3 is 2.57 bits per heavy atom. The molecule has 1 amide bonds. The van der Waals surface area contributed by atoms with Crippen LogP contribution in [0.25, 0.3) is 0 Å². The third-order valence-electron chi connectivity index (χ3n) is 3.67. The van der Waals surface area contributed by atoms with Crippen LogP contribution in [0.2, 0.25) is 0 Å². The van der Waals surface area contributed by atoms with Gasteiger partial charge in [-0.15, -0.1) is 0 Å². The molecular formula is C15H19NO6S. The standard InChI is InChI=1S/C15H19NO6S/c1-10(2)23(20,21)13-6-4-3-5-11(13)14(17)16-7-8-22-12(9-16)15(18)19/h3-6,10,12H,7-9H2,1-2H3,(H,18,19)/t12-/m0/s1. The largest absolute Gasteiger partial charge is 0.479 e. The third kappa shape index (κ3) is 3.53. The Balaban J connectivity index is 2.36. The second-order valence-electron chi connectivity index (χ2n) is 5.54. The minimum atomic E-state index is -3.62. The first-order valence-electron chi connectivity index (χ1n) is 7.21. The highest BCUT2D eigenvalue weighted by molar-refractivity contribution is 7.92. The van der Waals surface area contributed by atoms with Gasteiger partial charge in [-0.1, -0.05) is 12.1 Å². The van der Waals surface area contributed by atoms with E-state index < -0.39 is 33.1 Å². The molecule has 0 radical (unpaired) electrons. The summed E-state index contributed by atoms with van der Waals surface area (Å²) in [5, 5.41) is 8.35. The van der Waals surface area contributed by atoms with Crippen molar-refractivity contribution in [1.82, 2.24) is 4.90 Å². The van der Waals surface area contributed by atoms with E-state index in [2.05, 4.69) is 0 Å². The lowest BCUT2D eigenvalue weighted by atomic mass is 10.1. The Labute approximate surface area is 134 Å². The van der Waals surface area contributed by atoms with Crippen molar-refractivity contribution in [2.75, 3.05) is 19.7 Å². The maximum Gasteiger partial charge on any atom is 0.334 e. The van der Waals surface area contributed by atoms with Crippen molar-refractivity contribution in [3.63, 3.8) is 0 Å². The van der Waals surface area contributed by atoms with Gasteiger partial charge < -0.3 is 14.7 Å². The number of ether oxygens (including phenoxy) is 1. The zero-order valence-electron chi connectivity index (χ0n) is 12.9. The van der Waals surface area contributed by atoms with Gasteiger partial charge in [0.15, 0.2) is 15.9 Å². The van der Waals surface area contributed by atoms with Gasteiger partial charge in [0.1, 0.15) is 0 Å². The Bertz CT molecular complexity index is 712. The van der Waals surface area contributed by atoms with E-state index in [0.29, 0.717) is 0 Å². The molecule has 2 rings (SSSR count). The maximum atomic E-state index is 12.7. The molecule has 0 aromatic heterocycles. The summed E-state index contributed by atoms with van der Waals surface area (Å²) < 4.78 is 29.9. The number of hydrogen-bond donors (Lipinski definition) is 1. The Morgan fingerprint density at radius 2 is 1.96 bits per heavy atom. The summed E-state index contributed by atoms with van der Waals surface area (Å²) in [6, 6.07) is 5.99. The number of carboxylic acid groups (broad SMARTS) is 1. The molecule has 0 saturated carbocycles. The number of sulfone groups is 1. The highest BCUT2D eigenvalue weighted by Gasteiger charge is 2.32. The van der Waals surface area contributed by atoms with Crippen molar-refractivity contribution in [3.05, 3.63) is 29.8 Å². The number of morpholine rings is 1. The van der Waals surface area contributed by atoms with Gasteiger partial charge in [0.05, 0.1) is 28.9 Å². The fraction of sp³-hybridized carbons (Fsp3) is 0.467. The van der Waals surface area contributed by atoms with E-state index in [1.807, 2.05) is 0 Å². The number of aliphatic carboxylic acids is 1. The zero-order valence-corrected chi connectivity index (χ0v) is 13.7. The first-order chi connectivity index (χ1) is 10.7. The van der Waals surface area contributed by atoms with Crippen LogP contribution in [0.4, 0.5) is 0 Å². The van der Waals surface area contributed by atoms with Gasteiger partial charge in [0.25, 0.3) is 5.91 Å². The van der Waals surface area contributed by atoms with Crippen LogP contribution in [0.15, 0.2) is 29.2 Å². The summed E-state index contributed by atoms with van der Waals surface area (Å²) in [6.07, 6.45) is -1.10. The zero-order chi connectivity index (χ0) is 17.2. The fourth-order valence-electron chi connectivity index (χ4n) is 2.30. The molecule has 0 spiro atoms. The molecule has 23 heavy (non-hydrogen) atoms. The number of benzene rings is 1. The molecule has 8 heteroatoms. The van der Waals surface area contributed by atoms with Crippen molar-refractivity contribution in [1.29, 1.82) is 0 Å². The predicted molar refractivity (Wildman–Crippen MR) is 82.0 cm³/mol. The summed E-state index contributed by atoms with van der Waals surface area (Å²) in [7, 11) is -3.62. The highest BCUT2D eigenvalue weighted by atomic mass is 32.2. The average Bonchev–Trinajstić information content (AvgIpc) is 2.54. The average molecular weight is 341 g/mol. The number of rotatable bonds is 4. The number of amides is 1. The molecule has 1 aliphatic rings. The number of hydrogen-bond acceptors (Lipinski definition) is 5. The third-order valence-corrected chi connectivity index (χ3v) is 5.88. The molecule has 1 N–H and O–H groups in total. The molecule has 1 saturated heterocycles. The second-order valence-corrected chi connectivity index (χ2v) is 8.01. The van der Waals surface area contributed by atoms with Gasteiger partial charge >= 0.3 is 5.97 Å². The molecule has 0 aliphatic carbocycles. The summed E-state index contributed by atoms with van der Waals surface area (Å²) in [5.74, 6) is -1.65. The van der Waals surface area contributed by atoms with E-state index in [4.69, 9.17) is 9.84 Å². The second kappa shape index (κ2) is 6.67. The van der Waals surface area contributed by atoms with Crippen LogP contribution in [-0.2, 0) is 19.4 Å². The lowest BCUT2D eigenvalue weighted by molar-refractivity contribution is -0.154. The van der Waals surface area contributed by atoms with E-state index in [-0.39, 0.29) is 30.2 Å². The predicted octanol–water partition coefficient (Wildman–Crippen LogP) is 0.794. The molecule has 0 unspecified atom stereocenters. The van der Waals surface area contributed by atoms with Crippen LogP contribution in [0.1, 0.15) is 24.2 Å². The quantitative estimate of drug-likeness (QED) is 0.869. The van der Waals surface area contributed by atoms with Crippen molar-refractivity contribution < 1.29 is 27.9 Å². The molecule has 1 aromatic rings. The van der Waals surface area contributed by atoms with Gasteiger partial charge in [-0.05, 0) is 26.0 Å². The highest BCUT2D eigenvalue weighted by Crippen LogP contribution is 2.22. The van der Waals surface area contributed by atoms with Crippen molar-refractivity contribution in [3.8, 4) is 0 Å². The summed E-state index contributed by atoms with van der Waals surface area (Å²) in [5.41, 5.74) is 0.0623. The van der Waals surface area contributed by atoms with Crippen molar-refractivity contribution in [2.24, 2.45) is 0 Å². The minimum Gasteiger partial charge on any atom is -0.479 e. The fourth-order valence-corrected chi connectivity index (χ4v) is 3.54. The molecule has 1 aromatic carbocycles. The summed E-state index contributed by atoms with van der Waals surface area (Å²) in [6.45, 7) is 3.31. The normalized spacial score (nSPS) is 18.9. The van der Waals surface area contributed by atoms with Gasteiger partial charge in [0.2, 0.25) is 0 Å². The monoisotopic (exact) mass is 341 g/mol. The lowest BCUT2D eigenvalue weighted by Gasteiger charge is -2.31. The van der Waals surface area contributed by atoms with E-state index in [9.17, 15) is 18.0 Å². The van der Waals surface area contributed by atoms with Crippen LogP contribution < -0.4 is 0 Å². The van der Waals surface area contributed by atoms with E-state index >= 15 is 0 Å². The van der Waals surface area contributed by atoms with E-state index in [0.717, 1.165) is 0 Å². The first kappa shape index (κ1) is 17.4. The lowest BCUT2D eigenvalue weighted by Crippen LogP contribution is -2.48. The molecule has 126 valence electrons. The Morgan fingerprint density at radius 1 is 1.30 bits per heavy atom. The van der Waals surface area contributed by atoms with Crippen molar-refractivity contribution >= 4 is 21.7 Å². The Kier molecular flexibility index (Phi) is 5.06. The van der Waals surface area contributed by atoms with Gasteiger partial charge in [-0.25, -0.2) is 13.2 Å². The SMILES string of the molecule is CC(C)S(=O)(=O)c1ccccc1C(=O)N1CCO[C@H](C(=O)O)C1. The number of carbonyl (C=O) groups excluding carboxylic acids is 1. The molecule has 1 heterocycles. The summed E-state index contributed by atoms with van der Waals surface area (Å²) in [4.78, 5) is 25.0. The molecule has 7 nitrogen and oxygen atoms in total. The topological polar surface area (TPSA) is 101 Å². The van der Waals surface area contributed by atoms with Crippen LogP contribution in [0, 0.1) is 0 Å². The minimum absolute atomic E-state index is 0.0293. The smallest absolute Gasteiger partial charge is 0.334 e. The molecule has 1 atom stereocenters. The van der Waals surface area contributed by atoms with Crippen molar-refractivity contribution in [2.45, 2.75) is 30.1 Å². The first-order valence-corrected chi connectivity index (χ1v) is 8.76. The molecule has 1 aliphatic heterocycles. The van der Waals surface area contributed by atoms with Gasteiger partial charge in [-0.3, -0.25) is 4.79 Å². The van der Waals surface area contributed by atoms with Crippen LogP contribution in [0.5, 0.6) is 0 Å². The molecule has 1 fully saturated rings. The van der Waals surface area contributed by atoms with Crippen LogP contribution in [0.3, 0.4) is 0 Å². The molecular weight excluding hydrogens is 322 g/mol. The molecule has 0 bridgehead atoms. The van der Waals surface area contributed by atoms with Gasteiger partial charge in [0, 0.05) is 6.54 Å². The van der Waals surface area contributed by atoms with Crippen LogP contribution in [-0.4, -0.2) is 61.4 Å². The number of carbonyl (C=O) groups is 2. The number of nitrogens with zero attached hydrogens (tertiary/aromatic N) is 1. The van der Waals surface area contributed by atoms with Crippen LogP contribution >= 0.6 is 0 Å².